The Hall–Kier alpha value is -4.12. The standard InChI is InChI=1S/C30H16Cl2O4/c31-15-9-11-21-23(13-15)25(17-5-1-3-7-19(17)27(21)29(33)34)26-18-6-2-4-8-20(18)28(30(35)36)22-12-10-16(32)14-24(22)26/h1-14H,(H,33,34)(H,35,36). The Bertz CT molecular complexity index is 1780. The summed E-state index contributed by atoms with van der Waals surface area (Å²) >= 11 is 12.9. The normalized spacial score (nSPS) is 11.5. The fourth-order valence-corrected chi connectivity index (χ4v) is 5.64. The van der Waals surface area contributed by atoms with Gasteiger partial charge in [0.15, 0.2) is 0 Å². The van der Waals surface area contributed by atoms with Crippen LogP contribution in [0.2, 0.25) is 10.0 Å². The van der Waals surface area contributed by atoms with Crippen LogP contribution in [0.15, 0.2) is 84.9 Å². The molecule has 0 aromatic heterocycles. The molecule has 0 aliphatic rings. The second-order valence-corrected chi connectivity index (χ2v) is 9.45. The number of carboxylic acid groups (broad SMARTS) is 2. The Labute approximate surface area is 214 Å². The lowest BCUT2D eigenvalue weighted by atomic mass is 9.83. The Balaban J connectivity index is 1.98. The molecule has 36 heavy (non-hydrogen) atoms. The van der Waals surface area contributed by atoms with Crippen LogP contribution in [-0.2, 0) is 0 Å². The first-order chi connectivity index (χ1) is 17.4. The smallest absolute Gasteiger partial charge is 0.336 e. The molecule has 0 atom stereocenters. The van der Waals surface area contributed by atoms with Gasteiger partial charge in [-0.3, -0.25) is 0 Å². The Morgan fingerprint density at radius 3 is 1.17 bits per heavy atom. The molecule has 4 nitrogen and oxygen atoms in total. The number of benzene rings is 6. The van der Waals surface area contributed by atoms with E-state index in [0.29, 0.717) is 42.4 Å². The van der Waals surface area contributed by atoms with Crippen LogP contribution in [0.4, 0.5) is 0 Å². The van der Waals surface area contributed by atoms with Crippen LogP contribution in [0.5, 0.6) is 0 Å². The maximum absolute atomic E-state index is 12.4. The molecule has 0 saturated heterocycles. The van der Waals surface area contributed by atoms with Gasteiger partial charge in [-0.1, -0.05) is 83.9 Å². The van der Waals surface area contributed by atoms with Gasteiger partial charge in [-0.2, -0.15) is 0 Å². The second kappa shape index (κ2) is 8.23. The third-order valence-corrected chi connectivity index (χ3v) is 7.12. The summed E-state index contributed by atoms with van der Waals surface area (Å²) in [5, 5.41) is 26.3. The fourth-order valence-electron chi connectivity index (χ4n) is 5.30. The molecule has 0 spiro atoms. The first-order valence-electron chi connectivity index (χ1n) is 11.1. The minimum absolute atomic E-state index is 0.190. The molecule has 6 aromatic carbocycles. The molecule has 0 aliphatic heterocycles. The monoisotopic (exact) mass is 510 g/mol. The highest BCUT2D eigenvalue weighted by Crippen LogP contribution is 2.47. The highest BCUT2D eigenvalue weighted by molar-refractivity contribution is 6.35. The van der Waals surface area contributed by atoms with Gasteiger partial charge in [0.25, 0.3) is 0 Å². The van der Waals surface area contributed by atoms with Crippen molar-refractivity contribution in [2.45, 2.75) is 0 Å². The van der Waals surface area contributed by atoms with Crippen LogP contribution in [-0.4, -0.2) is 22.2 Å². The van der Waals surface area contributed by atoms with Crippen LogP contribution in [0.1, 0.15) is 20.7 Å². The van der Waals surface area contributed by atoms with Gasteiger partial charge in [0.05, 0.1) is 11.1 Å². The van der Waals surface area contributed by atoms with Gasteiger partial charge in [0, 0.05) is 10.0 Å². The van der Waals surface area contributed by atoms with Gasteiger partial charge in [-0.25, -0.2) is 9.59 Å². The fraction of sp³-hybridized carbons (Fsp3) is 0. The van der Waals surface area contributed by atoms with Gasteiger partial charge >= 0.3 is 11.9 Å². The van der Waals surface area contributed by atoms with Crippen molar-refractivity contribution in [2.24, 2.45) is 0 Å². The SMILES string of the molecule is O=C(O)c1c2ccccc2c(-c2c3ccccc3c(C(=O)O)c3ccc(Cl)cc23)c2cc(Cl)ccc12. The van der Waals surface area contributed by atoms with Crippen molar-refractivity contribution in [1.29, 1.82) is 0 Å². The zero-order valence-electron chi connectivity index (χ0n) is 18.5. The first kappa shape index (κ1) is 22.4. The second-order valence-electron chi connectivity index (χ2n) is 8.58. The van der Waals surface area contributed by atoms with Crippen LogP contribution in [0.25, 0.3) is 54.2 Å². The maximum atomic E-state index is 12.4. The first-order valence-corrected chi connectivity index (χ1v) is 11.9. The minimum Gasteiger partial charge on any atom is -0.478 e. The predicted octanol–water partition coefficient (Wildman–Crippen LogP) is 8.67. The molecule has 6 aromatic rings. The lowest BCUT2D eigenvalue weighted by molar-refractivity contribution is 0.0690. The maximum Gasteiger partial charge on any atom is 0.336 e. The van der Waals surface area contributed by atoms with E-state index in [-0.39, 0.29) is 11.1 Å². The number of fused-ring (bicyclic) bond motifs is 4. The van der Waals surface area contributed by atoms with Crippen molar-refractivity contribution < 1.29 is 19.8 Å². The molecule has 0 radical (unpaired) electrons. The van der Waals surface area contributed by atoms with Crippen molar-refractivity contribution in [1.82, 2.24) is 0 Å². The van der Waals surface area contributed by atoms with E-state index in [1.807, 2.05) is 24.3 Å². The molecule has 0 fully saturated rings. The van der Waals surface area contributed by atoms with Gasteiger partial charge in [0.2, 0.25) is 0 Å². The van der Waals surface area contributed by atoms with Crippen molar-refractivity contribution in [3.05, 3.63) is 106 Å². The summed E-state index contributed by atoms with van der Waals surface area (Å²) in [5.74, 6) is -2.08. The Morgan fingerprint density at radius 2 is 0.806 bits per heavy atom. The number of carboxylic acids is 2. The summed E-state index contributed by atoms with van der Waals surface area (Å²) in [5.41, 5.74) is 1.92. The molecular formula is C30H16Cl2O4. The average molecular weight is 511 g/mol. The van der Waals surface area contributed by atoms with Crippen molar-refractivity contribution in [2.75, 3.05) is 0 Å². The van der Waals surface area contributed by atoms with E-state index in [9.17, 15) is 19.8 Å². The van der Waals surface area contributed by atoms with Crippen molar-refractivity contribution in [3.63, 3.8) is 0 Å². The summed E-state index contributed by atoms with van der Waals surface area (Å²) in [6.45, 7) is 0. The van der Waals surface area contributed by atoms with E-state index in [1.165, 1.54) is 0 Å². The predicted molar refractivity (Wildman–Crippen MR) is 146 cm³/mol. The highest BCUT2D eigenvalue weighted by Gasteiger charge is 2.24. The van der Waals surface area contributed by atoms with E-state index in [4.69, 9.17) is 23.2 Å². The summed E-state index contributed by atoms with van der Waals surface area (Å²) in [6.07, 6.45) is 0. The zero-order valence-corrected chi connectivity index (χ0v) is 20.1. The Morgan fingerprint density at radius 1 is 0.472 bits per heavy atom. The topological polar surface area (TPSA) is 74.6 Å². The summed E-state index contributed by atoms with van der Waals surface area (Å²) in [7, 11) is 0. The Kier molecular flexibility index (Phi) is 5.11. The van der Waals surface area contributed by atoms with Crippen LogP contribution in [0, 0.1) is 0 Å². The molecule has 0 amide bonds. The van der Waals surface area contributed by atoms with Crippen LogP contribution in [0.3, 0.4) is 0 Å². The molecule has 174 valence electrons. The summed E-state index contributed by atoms with van der Waals surface area (Å²) in [4.78, 5) is 24.9. The van der Waals surface area contributed by atoms with E-state index < -0.39 is 11.9 Å². The number of aromatic carboxylic acids is 2. The lowest BCUT2D eigenvalue weighted by Crippen LogP contribution is -2.03. The van der Waals surface area contributed by atoms with E-state index in [1.54, 1.807) is 60.7 Å². The third kappa shape index (κ3) is 3.23. The highest BCUT2D eigenvalue weighted by atomic mass is 35.5. The zero-order chi connectivity index (χ0) is 25.1. The molecule has 6 heteroatoms. The van der Waals surface area contributed by atoms with E-state index >= 15 is 0 Å². The van der Waals surface area contributed by atoms with Crippen molar-refractivity contribution >= 4 is 78.2 Å². The quantitative estimate of drug-likeness (QED) is 0.233. The molecule has 0 heterocycles. The molecule has 2 N–H and O–H groups in total. The van der Waals surface area contributed by atoms with E-state index in [0.717, 1.165) is 21.9 Å². The van der Waals surface area contributed by atoms with Gasteiger partial charge in [-0.05, 0) is 78.5 Å². The molecular weight excluding hydrogens is 495 g/mol. The number of rotatable bonds is 3. The summed E-state index contributed by atoms with van der Waals surface area (Å²) in [6, 6.07) is 25.0. The molecule has 0 unspecified atom stereocenters. The number of hydrogen-bond acceptors (Lipinski definition) is 2. The number of hydrogen-bond donors (Lipinski definition) is 2. The lowest BCUT2D eigenvalue weighted by Gasteiger charge is -2.20. The number of carbonyl (C=O) groups is 2. The minimum atomic E-state index is -1.04. The molecule has 0 saturated carbocycles. The molecule has 0 bridgehead atoms. The van der Waals surface area contributed by atoms with Crippen LogP contribution < -0.4 is 0 Å². The van der Waals surface area contributed by atoms with Gasteiger partial charge in [-0.15, -0.1) is 0 Å². The van der Waals surface area contributed by atoms with Crippen LogP contribution >= 0.6 is 23.2 Å². The third-order valence-electron chi connectivity index (χ3n) is 6.65. The van der Waals surface area contributed by atoms with Crippen molar-refractivity contribution in [3.8, 4) is 11.1 Å². The number of halogens is 2. The van der Waals surface area contributed by atoms with E-state index in [2.05, 4.69) is 0 Å². The average Bonchev–Trinajstić information content (AvgIpc) is 2.85. The van der Waals surface area contributed by atoms with Gasteiger partial charge < -0.3 is 10.2 Å². The largest absolute Gasteiger partial charge is 0.478 e. The summed E-state index contributed by atoms with van der Waals surface area (Å²) < 4.78 is 0. The van der Waals surface area contributed by atoms with Gasteiger partial charge in [0.1, 0.15) is 0 Å². The molecule has 0 aliphatic carbocycles. The molecule has 6 rings (SSSR count).